The lowest BCUT2D eigenvalue weighted by Gasteiger charge is -2.23. The van der Waals surface area contributed by atoms with Gasteiger partial charge in [-0.3, -0.25) is 0 Å². The highest BCUT2D eigenvalue weighted by Crippen LogP contribution is 2.22. The molecule has 0 radical (unpaired) electrons. The largest absolute Gasteiger partial charge is 0.330 e. The van der Waals surface area contributed by atoms with Crippen molar-refractivity contribution in [3.05, 3.63) is 35.4 Å². The van der Waals surface area contributed by atoms with Crippen LogP contribution in [0.1, 0.15) is 31.9 Å². The molecule has 0 saturated carbocycles. The molecule has 1 aromatic rings. The minimum atomic E-state index is 0.102. The highest BCUT2D eigenvalue weighted by molar-refractivity contribution is 5.29. The molecular formula is C12H19N. The zero-order chi connectivity index (χ0) is 9.90. The van der Waals surface area contributed by atoms with E-state index in [9.17, 15) is 0 Å². The van der Waals surface area contributed by atoms with Gasteiger partial charge in [0.15, 0.2) is 0 Å². The molecule has 72 valence electrons. The molecule has 0 atom stereocenters. The van der Waals surface area contributed by atoms with Gasteiger partial charge < -0.3 is 5.73 Å². The first-order valence-electron chi connectivity index (χ1n) is 4.89. The van der Waals surface area contributed by atoms with Crippen LogP contribution in [0.4, 0.5) is 0 Å². The average molecular weight is 177 g/mol. The predicted molar refractivity (Wildman–Crippen MR) is 57.9 cm³/mol. The van der Waals surface area contributed by atoms with Crippen molar-refractivity contribution in [2.45, 2.75) is 32.6 Å². The average Bonchev–Trinajstić information content (AvgIpc) is 2.18. The van der Waals surface area contributed by atoms with Crippen molar-refractivity contribution >= 4 is 0 Å². The van der Waals surface area contributed by atoms with Crippen molar-refractivity contribution in [3.63, 3.8) is 0 Å². The van der Waals surface area contributed by atoms with Crippen LogP contribution in [0.3, 0.4) is 0 Å². The molecule has 0 aliphatic rings. The first kappa shape index (κ1) is 10.3. The Morgan fingerprint density at radius 3 is 2.54 bits per heavy atom. The van der Waals surface area contributed by atoms with Crippen molar-refractivity contribution in [1.82, 2.24) is 0 Å². The zero-order valence-corrected chi connectivity index (χ0v) is 8.80. The summed E-state index contributed by atoms with van der Waals surface area (Å²) in [5.74, 6) is 0. The molecule has 0 fully saturated rings. The number of aryl methyl sites for hydroxylation is 1. The van der Waals surface area contributed by atoms with E-state index in [2.05, 4.69) is 45.0 Å². The second kappa shape index (κ2) is 3.93. The number of rotatable bonds is 3. The lowest BCUT2D eigenvalue weighted by molar-refractivity contribution is 0.538. The highest BCUT2D eigenvalue weighted by Gasteiger charge is 2.17. The first-order valence-corrected chi connectivity index (χ1v) is 4.89. The van der Waals surface area contributed by atoms with Crippen LogP contribution in [0.2, 0.25) is 0 Å². The zero-order valence-electron chi connectivity index (χ0n) is 8.80. The Labute approximate surface area is 81.0 Å². The fourth-order valence-electron chi connectivity index (χ4n) is 1.33. The normalized spacial score (nSPS) is 11.7. The van der Waals surface area contributed by atoms with Gasteiger partial charge in [-0.15, -0.1) is 0 Å². The van der Waals surface area contributed by atoms with Crippen LogP contribution in [-0.2, 0) is 11.8 Å². The van der Waals surface area contributed by atoms with Gasteiger partial charge in [0.05, 0.1) is 0 Å². The van der Waals surface area contributed by atoms with E-state index in [0.29, 0.717) is 6.54 Å². The summed E-state index contributed by atoms with van der Waals surface area (Å²) in [5.41, 5.74) is 8.56. The molecule has 0 heterocycles. The van der Waals surface area contributed by atoms with Crippen LogP contribution in [0.5, 0.6) is 0 Å². The Bertz CT molecular complexity index is 276. The molecule has 2 N–H and O–H groups in total. The molecule has 0 amide bonds. The van der Waals surface area contributed by atoms with Crippen molar-refractivity contribution in [2.24, 2.45) is 5.73 Å². The number of hydrogen-bond donors (Lipinski definition) is 1. The molecule has 1 aromatic carbocycles. The Balaban J connectivity index is 3.01. The summed E-state index contributed by atoms with van der Waals surface area (Å²) in [6.07, 6.45) is 1.09. The Kier molecular flexibility index (Phi) is 3.10. The fourth-order valence-corrected chi connectivity index (χ4v) is 1.33. The van der Waals surface area contributed by atoms with Crippen molar-refractivity contribution in [1.29, 1.82) is 0 Å². The molecule has 1 heteroatoms. The van der Waals surface area contributed by atoms with Gasteiger partial charge in [-0.2, -0.15) is 0 Å². The molecule has 0 aromatic heterocycles. The van der Waals surface area contributed by atoms with Crippen molar-refractivity contribution in [3.8, 4) is 0 Å². The van der Waals surface area contributed by atoms with Crippen LogP contribution in [-0.4, -0.2) is 6.54 Å². The minimum Gasteiger partial charge on any atom is -0.330 e. The summed E-state index contributed by atoms with van der Waals surface area (Å²) in [7, 11) is 0. The van der Waals surface area contributed by atoms with Crippen molar-refractivity contribution < 1.29 is 0 Å². The highest BCUT2D eigenvalue weighted by atomic mass is 14.6. The van der Waals surface area contributed by atoms with E-state index in [1.807, 2.05) is 0 Å². The molecule has 0 spiro atoms. The van der Waals surface area contributed by atoms with E-state index < -0.39 is 0 Å². The monoisotopic (exact) mass is 177 g/mol. The van der Waals surface area contributed by atoms with Crippen LogP contribution in [0, 0.1) is 0 Å². The van der Waals surface area contributed by atoms with Gasteiger partial charge in [0.1, 0.15) is 0 Å². The standard InChI is InChI=1S/C12H19N/c1-4-10-6-5-7-11(8-10)12(2,3)9-13/h5-8H,4,9,13H2,1-3H3. The summed E-state index contributed by atoms with van der Waals surface area (Å²) in [6, 6.07) is 8.69. The fraction of sp³-hybridized carbons (Fsp3) is 0.500. The SMILES string of the molecule is CCc1cccc(C(C)(C)CN)c1. The second-order valence-corrected chi connectivity index (χ2v) is 4.14. The topological polar surface area (TPSA) is 26.0 Å². The Hall–Kier alpha value is -0.820. The molecule has 1 rings (SSSR count). The maximum Gasteiger partial charge on any atom is 0.00191 e. The van der Waals surface area contributed by atoms with Gasteiger partial charge in [0.2, 0.25) is 0 Å². The Morgan fingerprint density at radius 2 is 2.00 bits per heavy atom. The van der Waals surface area contributed by atoms with E-state index in [-0.39, 0.29) is 5.41 Å². The summed E-state index contributed by atoms with van der Waals surface area (Å²) in [5, 5.41) is 0. The molecule has 1 nitrogen and oxygen atoms in total. The van der Waals surface area contributed by atoms with Gasteiger partial charge >= 0.3 is 0 Å². The number of hydrogen-bond acceptors (Lipinski definition) is 1. The van der Waals surface area contributed by atoms with Crippen LogP contribution in [0.25, 0.3) is 0 Å². The van der Waals surface area contributed by atoms with Gasteiger partial charge in [0.25, 0.3) is 0 Å². The summed E-state index contributed by atoms with van der Waals surface area (Å²) >= 11 is 0. The summed E-state index contributed by atoms with van der Waals surface area (Å²) in [6.45, 7) is 7.23. The number of benzene rings is 1. The molecule has 0 bridgehead atoms. The minimum absolute atomic E-state index is 0.102. The van der Waals surface area contributed by atoms with E-state index in [1.54, 1.807) is 0 Å². The molecule has 13 heavy (non-hydrogen) atoms. The van der Waals surface area contributed by atoms with Gasteiger partial charge in [-0.1, -0.05) is 45.0 Å². The van der Waals surface area contributed by atoms with Gasteiger partial charge in [-0.25, -0.2) is 0 Å². The maximum atomic E-state index is 5.73. The first-order chi connectivity index (χ1) is 6.10. The second-order valence-electron chi connectivity index (χ2n) is 4.14. The molecule has 0 aliphatic carbocycles. The van der Waals surface area contributed by atoms with Crippen LogP contribution >= 0.6 is 0 Å². The van der Waals surface area contributed by atoms with Crippen LogP contribution < -0.4 is 5.73 Å². The maximum absolute atomic E-state index is 5.73. The Morgan fingerprint density at radius 1 is 1.31 bits per heavy atom. The quantitative estimate of drug-likeness (QED) is 0.754. The van der Waals surface area contributed by atoms with Gasteiger partial charge in [-0.05, 0) is 17.5 Å². The van der Waals surface area contributed by atoms with Crippen LogP contribution in [0.15, 0.2) is 24.3 Å². The van der Waals surface area contributed by atoms with E-state index in [4.69, 9.17) is 5.73 Å². The third-order valence-corrected chi connectivity index (χ3v) is 2.63. The third kappa shape index (κ3) is 2.31. The lowest BCUT2D eigenvalue weighted by atomic mass is 9.84. The van der Waals surface area contributed by atoms with E-state index in [1.165, 1.54) is 11.1 Å². The van der Waals surface area contributed by atoms with Gasteiger partial charge in [0, 0.05) is 12.0 Å². The number of nitrogens with two attached hydrogens (primary N) is 1. The molecule has 0 aliphatic heterocycles. The van der Waals surface area contributed by atoms with E-state index in [0.717, 1.165) is 6.42 Å². The third-order valence-electron chi connectivity index (χ3n) is 2.63. The molecular weight excluding hydrogens is 158 g/mol. The predicted octanol–water partition coefficient (Wildman–Crippen LogP) is 2.49. The van der Waals surface area contributed by atoms with E-state index >= 15 is 0 Å². The van der Waals surface area contributed by atoms with Crippen molar-refractivity contribution in [2.75, 3.05) is 6.54 Å². The molecule has 0 saturated heterocycles. The summed E-state index contributed by atoms with van der Waals surface area (Å²) < 4.78 is 0. The lowest BCUT2D eigenvalue weighted by Crippen LogP contribution is -2.28. The smallest absolute Gasteiger partial charge is 0.00191 e. The molecule has 0 unspecified atom stereocenters. The summed E-state index contributed by atoms with van der Waals surface area (Å²) in [4.78, 5) is 0.